The first-order valence-corrected chi connectivity index (χ1v) is 10.3. The lowest BCUT2D eigenvalue weighted by atomic mass is 10.1. The first-order chi connectivity index (χ1) is 9.86. The predicted molar refractivity (Wildman–Crippen MR) is 91.8 cm³/mol. The zero-order valence-electron chi connectivity index (χ0n) is 13.3. The first-order valence-electron chi connectivity index (χ1n) is 7.53. The lowest BCUT2D eigenvalue weighted by Gasteiger charge is -2.30. The third-order valence-electron chi connectivity index (χ3n) is 3.44. The lowest BCUT2D eigenvalue weighted by molar-refractivity contribution is 0.277. The molecule has 1 heterocycles. The molecule has 0 saturated carbocycles. The normalized spacial score (nSPS) is 12.8. The van der Waals surface area contributed by atoms with Gasteiger partial charge in [0.25, 0.3) is 10.0 Å². The van der Waals surface area contributed by atoms with Crippen LogP contribution in [0.15, 0.2) is 16.3 Å². The fourth-order valence-corrected chi connectivity index (χ4v) is 6.08. The zero-order chi connectivity index (χ0) is 16.0. The summed E-state index contributed by atoms with van der Waals surface area (Å²) in [6.07, 6.45) is 2.39. The SMILES string of the molecule is CCC(CC)N(CC(C)C)S(=O)(=O)c1ccc(CCCl)s1. The maximum absolute atomic E-state index is 12.9. The highest BCUT2D eigenvalue weighted by molar-refractivity contribution is 7.91. The zero-order valence-corrected chi connectivity index (χ0v) is 15.7. The monoisotopic (exact) mass is 351 g/mol. The molecule has 0 saturated heterocycles. The Balaban J connectivity index is 3.12. The van der Waals surface area contributed by atoms with E-state index in [0.29, 0.717) is 22.6 Å². The van der Waals surface area contributed by atoms with E-state index in [2.05, 4.69) is 13.8 Å². The van der Waals surface area contributed by atoms with E-state index >= 15 is 0 Å². The van der Waals surface area contributed by atoms with Gasteiger partial charge in [-0.2, -0.15) is 4.31 Å². The molecule has 1 aromatic rings. The molecule has 6 heteroatoms. The maximum atomic E-state index is 12.9. The number of hydrogen-bond acceptors (Lipinski definition) is 3. The highest BCUT2D eigenvalue weighted by Gasteiger charge is 2.31. The Morgan fingerprint density at radius 1 is 1.24 bits per heavy atom. The number of rotatable bonds is 9. The van der Waals surface area contributed by atoms with E-state index in [1.165, 1.54) is 11.3 Å². The molecule has 0 fully saturated rings. The highest BCUT2D eigenvalue weighted by atomic mass is 35.5. The van der Waals surface area contributed by atoms with Gasteiger partial charge >= 0.3 is 0 Å². The number of alkyl halides is 1. The van der Waals surface area contributed by atoms with E-state index in [4.69, 9.17) is 11.6 Å². The summed E-state index contributed by atoms with van der Waals surface area (Å²) in [5.41, 5.74) is 0. The smallest absolute Gasteiger partial charge is 0.206 e. The van der Waals surface area contributed by atoms with Gasteiger partial charge in [-0.05, 0) is 37.3 Å². The molecule has 1 aromatic heterocycles. The Hall–Kier alpha value is -0.100. The molecule has 0 bridgehead atoms. The molecule has 3 nitrogen and oxygen atoms in total. The van der Waals surface area contributed by atoms with Gasteiger partial charge in [-0.15, -0.1) is 22.9 Å². The quantitative estimate of drug-likeness (QED) is 0.620. The van der Waals surface area contributed by atoms with Gasteiger partial charge in [0, 0.05) is 23.3 Å². The number of aryl methyl sites for hydroxylation is 1. The van der Waals surface area contributed by atoms with Gasteiger partial charge in [-0.1, -0.05) is 27.7 Å². The molecule has 21 heavy (non-hydrogen) atoms. The Morgan fingerprint density at radius 3 is 2.33 bits per heavy atom. The number of hydrogen-bond donors (Lipinski definition) is 0. The molecule has 0 aliphatic heterocycles. The third-order valence-corrected chi connectivity index (χ3v) is 7.16. The molecular formula is C15H26ClNO2S2. The molecule has 0 spiro atoms. The van der Waals surface area contributed by atoms with Crippen LogP contribution in [0.4, 0.5) is 0 Å². The topological polar surface area (TPSA) is 37.4 Å². The van der Waals surface area contributed by atoms with Gasteiger partial charge in [0.1, 0.15) is 4.21 Å². The van der Waals surface area contributed by atoms with Crippen molar-refractivity contribution in [1.82, 2.24) is 4.31 Å². The second-order valence-corrected chi connectivity index (χ2v) is 9.26. The first kappa shape index (κ1) is 18.9. The van der Waals surface area contributed by atoms with Gasteiger partial charge in [-0.25, -0.2) is 8.42 Å². The molecule has 0 unspecified atom stereocenters. The van der Waals surface area contributed by atoms with Crippen molar-refractivity contribution in [2.45, 2.75) is 57.2 Å². The van der Waals surface area contributed by atoms with Crippen LogP contribution < -0.4 is 0 Å². The highest BCUT2D eigenvalue weighted by Crippen LogP contribution is 2.28. The van der Waals surface area contributed by atoms with E-state index < -0.39 is 10.0 Å². The van der Waals surface area contributed by atoms with Crippen molar-refractivity contribution in [3.63, 3.8) is 0 Å². The Bertz CT molecular complexity index is 522. The second-order valence-electron chi connectivity index (χ2n) is 5.60. The average Bonchev–Trinajstić information content (AvgIpc) is 2.88. The van der Waals surface area contributed by atoms with Crippen LogP contribution in [0.25, 0.3) is 0 Å². The molecule has 0 radical (unpaired) electrons. The minimum atomic E-state index is -3.41. The van der Waals surface area contributed by atoms with E-state index in [-0.39, 0.29) is 6.04 Å². The van der Waals surface area contributed by atoms with Gasteiger partial charge in [-0.3, -0.25) is 0 Å². The number of sulfonamides is 1. The predicted octanol–water partition coefficient (Wildman–Crippen LogP) is 4.36. The number of halogens is 1. The van der Waals surface area contributed by atoms with Crippen molar-refractivity contribution in [2.24, 2.45) is 5.92 Å². The molecule has 122 valence electrons. The lowest BCUT2D eigenvalue weighted by Crippen LogP contribution is -2.41. The molecule has 0 atom stereocenters. The average molecular weight is 352 g/mol. The van der Waals surface area contributed by atoms with Crippen molar-refractivity contribution in [2.75, 3.05) is 12.4 Å². The largest absolute Gasteiger partial charge is 0.252 e. The van der Waals surface area contributed by atoms with E-state index in [1.54, 1.807) is 10.4 Å². The second kappa shape index (κ2) is 8.51. The fraction of sp³-hybridized carbons (Fsp3) is 0.733. The molecule has 0 amide bonds. The van der Waals surface area contributed by atoms with Crippen molar-refractivity contribution in [3.05, 3.63) is 17.0 Å². The van der Waals surface area contributed by atoms with Crippen molar-refractivity contribution < 1.29 is 8.42 Å². The minimum Gasteiger partial charge on any atom is -0.206 e. The van der Waals surface area contributed by atoms with Crippen LogP contribution in [-0.2, 0) is 16.4 Å². The summed E-state index contributed by atoms with van der Waals surface area (Å²) in [7, 11) is -3.41. The third kappa shape index (κ3) is 4.95. The van der Waals surface area contributed by atoms with Gasteiger partial charge in [0.15, 0.2) is 0 Å². The fourth-order valence-electron chi connectivity index (χ4n) is 2.34. The van der Waals surface area contributed by atoms with Crippen LogP contribution in [0.2, 0.25) is 0 Å². The summed E-state index contributed by atoms with van der Waals surface area (Å²) in [5, 5.41) is 0. The molecular weight excluding hydrogens is 326 g/mol. The van der Waals surface area contributed by atoms with Crippen molar-refractivity contribution in [1.29, 1.82) is 0 Å². The molecule has 0 aliphatic carbocycles. The van der Waals surface area contributed by atoms with Crippen LogP contribution in [0, 0.1) is 5.92 Å². The van der Waals surface area contributed by atoms with Crippen molar-refractivity contribution in [3.8, 4) is 0 Å². The Morgan fingerprint density at radius 2 is 1.86 bits per heavy atom. The van der Waals surface area contributed by atoms with Gasteiger partial charge < -0.3 is 0 Å². The summed E-state index contributed by atoms with van der Waals surface area (Å²) < 4.78 is 28.0. The minimum absolute atomic E-state index is 0.0657. The van der Waals surface area contributed by atoms with E-state index in [1.807, 2.05) is 19.9 Å². The van der Waals surface area contributed by atoms with Crippen LogP contribution in [-0.4, -0.2) is 31.2 Å². The van der Waals surface area contributed by atoms with Crippen LogP contribution in [0.1, 0.15) is 45.4 Å². The molecule has 0 aromatic carbocycles. The molecule has 0 aliphatic rings. The van der Waals surface area contributed by atoms with E-state index in [9.17, 15) is 8.42 Å². The summed E-state index contributed by atoms with van der Waals surface area (Å²) in [4.78, 5) is 1.03. The van der Waals surface area contributed by atoms with E-state index in [0.717, 1.165) is 24.1 Å². The number of thiophene rings is 1. The van der Waals surface area contributed by atoms with Crippen LogP contribution >= 0.6 is 22.9 Å². The summed E-state index contributed by atoms with van der Waals surface area (Å²) >= 11 is 7.08. The summed E-state index contributed by atoms with van der Waals surface area (Å²) in [6, 6.07) is 3.66. The molecule has 1 rings (SSSR count). The van der Waals surface area contributed by atoms with Gasteiger partial charge in [0.05, 0.1) is 0 Å². The Labute approximate surface area is 138 Å². The molecule has 0 N–H and O–H groups in total. The van der Waals surface area contributed by atoms with Crippen molar-refractivity contribution >= 4 is 33.0 Å². The maximum Gasteiger partial charge on any atom is 0.252 e. The van der Waals surface area contributed by atoms with Crippen LogP contribution in [0.5, 0.6) is 0 Å². The van der Waals surface area contributed by atoms with Gasteiger partial charge in [0.2, 0.25) is 0 Å². The van der Waals surface area contributed by atoms with Crippen LogP contribution in [0.3, 0.4) is 0 Å². The summed E-state index contributed by atoms with van der Waals surface area (Å²) in [6.45, 7) is 8.77. The standard InChI is InChI=1S/C15H26ClNO2S2/c1-5-13(6-2)17(11-12(3)4)21(18,19)15-8-7-14(20-15)9-10-16/h7-8,12-13H,5-6,9-11H2,1-4H3. The summed E-state index contributed by atoms with van der Waals surface area (Å²) in [5.74, 6) is 0.824. The number of nitrogens with zero attached hydrogens (tertiary/aromatic N) is 1. The Kier molecular flexibility index (Phi) is 7.68.